The van der Waals surface area contributed by atoms with Gasteiger partial charge in [-0.25, -0.2) is 4.39 Å². The maximum Gasteiger partial charge on any atom is 0.454 e. The van der Waals surface area contributed by atoms with Gasteiger partial charge in [0.15, 0.2) is 5.67 Å². The van der Waals surface area contributed by atoms with Crippen molar-refractivity contribution >= 4 is 5.78 Å². The molecule has 1 N–H and O–H groups in total. The van der Waals surface area contributed by atoms with Crippen molar-refractivity contribution < 1.29 is 27.5 Å². The van der Waals surface area contributed by atoms with Crippen LogP contribution in [0.15, 0.2) is 11.8 Å². The Bertz CT molecular complexity index is 276. The van der Waals surface area contributed by atoms with E-state index in [2.05, 4.69) is 0 Å². The average molecular weight is 228 g/mol. The van der Waals surface area contributed by atoms with E-state index in [-0.39, 0.29) is 6.08 Å². The minimum Gasteiger partial charge on any atom is -0.509 e. The molecular weight excluding hydrogens is 216 g/mol. The summed E-state index contributed by atoms with van der Waals surface area (Å²) in [6.07, 6.45) is -5.22. The molecule has 0 radical (unpaired) electrons. The van der Waals surface area contributed by atoms with E-state index < -0.39 is 29.3 Å². The highest BCUT2D eigenvalue weighted by Gasteiger charge is 2.40. The molecule has 1 atom stereocenters. The summed E-state index contributed by atoms with van der Waals surface area (Å²) in [5.74, 6) is -4.22. The van der Waals surface area contributed by atoms with Gasteiger partial charge in [0.1, 0.15) is 5.76 Å². The monoisotopic (exact) mass is 228 g/mol. The third kappa shape index (κ3) is 3.53. The second-order valence-electron chi connectivity index (χ2n) is 3.62. The molecule has 0 saturated heterocycles. The number of alkyl halides is 4. The third-order valence-corrected chi connectivity index (χ3v) is 2.13. The lowest BCUT2D eigenvalue weighted by Gasteiger charge is -2.23. The van der Waals surface area contributed by atoms with E-state index >= 15 is 0 Å². The van der Waals surface area contributed by atoms with Gasteiger partial charge in [0.05, 0.1) is 0 Å². The molecule has 0 amide bonds. The standard InChI is InChI=1S/C9H12F4O2/c1-5(2)8(3,10)6(14)4-7(15)9(11,12)13/h4-5,14H,1-3H3. The van der Waals surface area contributed by atoms with Gasteiger partial charge >= 0.3 is 6.18 Å². The highest BCUT2D eigenvalue weighted by molar-refractivity contribution is 5.94. The molecule has 0 saturated carbocycles. The molecule has 0 aromatic rings. The number of hydrogen-bond donors (Lipinski definition) is 1. The number of rotatable bonds is 3. The Labute approximate surface area is 84.6 Å². The number of halogens is 4. The lowest BCUT2D eigenvalue weighted by molar-refractivity contribution is -0.165. The number of allylic oxidation sites excluding steroid dienone is 2. The molecule has 0 aromatic heterocycles. The molecule has 0 rings (SSSR count). The van der Waals surface area contributed by atoms with E-state index in [1.165, 1.54) is 13.8 Å². The van der Waals surface area contributed by atoms with Crippen LogP contribution in [0.3, 0.4) is 0 Å². The number of ketones is 1. The molecule has 15 heavy (non-hydrogen) atoms. The molecule has 0 aliphatic heterocycles. The van der Waals surface area contributed by atoms with Crippen molar-refractivity contribution in [2.45, 2.75) is 32.6 Å². The highest BCUT2D eigenvalue weighted by atomic mass is 19.4. The van der Waals surface area contributed by atoms with Gasteiger partial charge in [-0.3, -0.25) is 4.79 Å². The Balaban J connectivity index is 4.95. The first kappa shape index (κ1) is 13.9. The summed E-state index contributed by atoms with van der Waals surface area (Å²) >= 11 is 0. The molecule has 6 heteroatoms. The van der Waals surface area contributed by atoms with Gasteiger partial charge in [0, 0.05) is 6.08 Å². The summed E-state index contributed by atoms with van der Waals surface area (Å²) in [7, 11) is 0. The summed E-state index contributed by atoms with van der Waals surface area (Å²) in [5.41, 5.74) is -2.35. The summed E-state index contributed by atoms with van der Waals surface area (Å²) in [6.45, 7) is 3.66. The maximum absolute atomic E-state index is 13.5. The zero-order valence-electron chi connectivity index (χ0n) is 8.52. The van der Waals surface area contributed by atoms with Crippen LogP contribution in [0.4, 0.5) is 17.6 Å². The third-order valence-electron chi connectivity index (χ3n) is 2.13. The Morgan fingerprint density at radius 1 is 1.27 bits per heavy atom. The second kappa shape index (κ2) is 4.20. The molecule has 0 aliphatic carbocycles. The average Bonchev–Trinajstić information content (AvgIpc) is 2.01. The number of aliphatic hydroxyl groups excluding tert-OH is 1. The van der Waals surface area contributed by atoms with Gasteiger partial charge < -0.3 is 5.11 Å². The second-order valence-corrected chi connectivity index (χ2v) is 3.62. The van der Waals surface area contributed by atoms with Crippen LogP contribution in [0.2, 0.25) is 0 Å². The van der Waals surface area contributed by atoms with E-state index in [1.807, 2.05) is 0 Å². The normalized spacial score (nSPS) is 17.7. The summed E-state index contributed by atoms with van der Waals surface area (Å²) in [6, 6.07) is 0. The summed E-state index contributed by atoms with van der Waals surface area (Å²) < 4.78 is 48.8. The van der Waals surface area contributed by atoms with Crippen LogP contribution in [0.5, 0.6) is 0 Å². The zero-order valence-corrected chi connectivity index (χ0v) is 8.52. The van der Waals surface area contributed by atoms with Crippen molar-refractivity contribution in [3.05, 3.63) is 11.8 Å². The van der Waals surface area contributed by atoms with Gasteiger partial charge in [-0.2, -0.15) is 13.2 Å². The fourth-order valence-corrected chi connectivity index (χ4v) is 0.643. The lowest BCUT2D eigenvalue weighted by Crippen LogP contribution is -2.30. The van der Waals surface area contributed by atoms with Gasteiger partial charge in [-0.1, -0.05) is 13.8 Å². The first-order valence-corrected chi connectivity index (χ1v) is 4.20. The Hall–Kier alpha value is -1.07. The van der Waals surface area contributed by atoms with Crippen molar-refractivity contribution in [2.24, 2.45) is 5.92 Å². The smallest absolute Gasteiger partial charge is 0.454 e. The first-order valence-electron chi connectivity index (χ1n) is 4.20. The molecule has 0 bridgehead atoms. The molecule has 1 unspecified atom stereocenters. The minimum atomic E-state index is -5.10. The quantitative estimate of drug-likeness (QED) is 0.458. The van der Waals surface area contributed by atoms with Crippen molar-refractivity contribution in [2.75, 3.05) is 0 Å². The zero-order chi connectivity index (χ0) is 12.4. The van der Waals surface area contributed by atoms with E-state index in [4.69, 9.17) is 5.11 Å². The topological polar surface area (TPSA) is 37.3 Å². The van der Waals surface area contributed by atoms with Gasteiger partial charge in [0.25, 0.3) is 5.78 Å². The maximum atomic E-state index is 13.5. The fourth-order valence-electron chi connectivity index (χ4n) is 0.643. The van der Waals surface area contributed by atoms with Crippen LogP contribution in [0.1, 0.15) is 20.8 Å². The molecule has 2 nitrogen and oxygen atoms in total. The van der Waals surface area contributed by atoms with Gasteiger partial charge in [-0.05, 0) is 12.8 Å². The van der Waals surface area contributed by atoms with Crippen LogP contribution < -0.4 is 0 Å². The predicted molar refractivity (Wildman–Crippen MR) is 46.1 cm³/mol. The molecular formula is C9H12F4O2. The van der Waals surface area contributed by atoms with Crippen molar-refractivity contribution in [1.29, 1.82) is 0 Å². The van der Waals surface area contributed by atoms with Crippen LogP contribution in [-0.2, 0) is 4.79 Å². The largest absolute Gasteiger partial charge is 0.509 e. The fraction of sp³-hybridized carbons (Fsp3) is 0.667. The van der Waals surface area contributed by atoms with E-state index in [1.54, 1.807) is 0 Å². The molecule has 0 fully saturated rings. The summed E-state index contributed by atoms with van der Waals surface area (Å²) in [4.78, 5) is 10.4. The molecule has 0 aliphatic rings. The van der Waals surface area contributed by atoms with Crippen LogP contribution in [0.25, 0.3) is 0 Å². The summed E-state index contributed by atoms with van der Waals surface area (Å²) in [5, 5.41) is 9.05. The molecule has 0 aromatic carbocycles. The molecule has 88 valence electrons. The minimum absolute atomic E-state index is 0.125. The number of carbonyl (C=O) groups is 1. The van der Waals surface area contributed by atoms with Crippen LogP contribution in [-0.4, -0.2) is 22.7 Å². The lowest BCUT2D eigenvalue weighted by atomic mass is 9.92. The van der Waals surface area contributed by atoms with E-state index in [0.717, 1.165) is 6.92 Å². The van der Waals surface area contributed by atoms with E-state index in [9.17, 15) is 22.4 Å². The first-order chi connectivity index (χ1) is 6.49. The van der Waals surface area contributed by atoms with Gasteiger partial charge in [-0.15, -0.1) is 0 Å². The predicted octanol–water partition coefficient (Wildman–Crippen LogP) is 2.94. The van der Waals surface area contributed by atoms with Crippen LogP contribution >= 0.6 is 0 Å². The number of aliphatic hydroxyl groups is 1. The molecule has 0 heterocycles. The van der Waals surface area contributed by atoms with Crippen LogP contribution in [0, 0.1) is 5.92 Å². The van der Waals surface area contributed by atoms with Crippen molar-refractivity contribution in [3.8, 4) is 0 Å². The molecule has 0 spiro atoms. The Kier molecular flexibility index (Phi) is 3.90. The van der Waals surface area contributed by atoms with Gasteiger partial charge in [0.2, 0.25) is 0 Å². The Morgan fingerprint density at radius 3 is 1.93 bits per heavy atom. The highest BCUT2D eigenvalue weighted by Crippen LogP contribution is 2.29. The number of carbonyl (C=O) groups excluding carboxylic acids is 1. The SMILES string of the molecule is CC(C)C(C)(F)C(O)=CC(=O)C(F)(F)F. The van der Waals surface area contributed by atoms with E-state index in [0.29, 0.717) is 0 Å². The van der Waals surface area contributed by atoms with Crippen molar-refractivity contribution in [3.63, 3.8) is 0 Å². The Morgan fingerprint density at radius 2 is 1.67 bits per heavy atom. The van der Waals surface area contributed by atoms with Crippen molar-refractivity contribution in [1.82, 2.24) is 0 Å². The number of hydrogen-bond acceptors (Lipinski definition) is 2.